The van der Waals surface area contributed by atoms with Crippen LogP contribution in [0.25, 0.3) is 0 Å². The molecule has 2 aromatic rings. The summed E-state index contributed by atoms with van der Waals surface area (Å²) >= 11 is 0. The van der Waals surface area contributed by atoms with Crippen molar-refractivity contribution in [2.24, 2.45) is 0 Å². The number of hydrogen-bond donors (Lipinski definition) is 1. The van der Waals surface area contributed by atoms with Gasteiger partial charge in [-0.05, 0) is 68.9 Å². The Kier molecular flexibility index (Phi) is 7.46. The highest BCUT2D eigenvalue weighted by Crippen LogP contribution is 2.31. The minimum absolute atomic E-state index is 0.256. The number of methoxy groups -OCH3 is 2. The maximum atomic E-state index is 13.4. The van der Waals surface area contributed by atoms with Gasteiger partial charge in [-0.2, -0.15) is 4.31 Å². The lowest BCUT2D eigenvalue weighted by molar-refractivity contribution is -0.124. The molecule has 2 aromatic carbocycles. The number of carbonyl (C=O) groups is 1. The van der Waals surface area contributed by atoms with Gasteiger partial charge in [0, 0.05) is 13.1 Å². The summed E-state index contributed by atoms with van der Waals surface area (Å²) in [6.07, 6.45) is 1.78. The van der Waals surface area contributed by atoms with Gasteiger partial charge >= 0.3 is 0 Å². The number of hydrogen-bond acceptors (Lipinski definition) is 5. The molecule has 0 aromatic heterocycles. The zero-order chi connectivity index (χ0) is 23.5. The van der Waals surface area contributed by atoms with Crippen LogP contribution in [0.15, 0.2) is 35.2 Å². The summed E-state index contributed by atoms with van der Waals surface area (Å²) in [5.74, 6) is 1.02. The third kappa shape index (κ3) is 4.91. The van der Waals surface area contributed by atoms with Crippen molar-refractivity contribution >= 4 is 15.9 Å². The highest BCUT2D eigenvalue weighted by molar-refractivity contribution is 7.89. The molecule has 0 spiro atoms. The molecule has 0 aliphatic carbocycles. The number of nitrogens with zero attached hydrogens (tertiary/aromatic N) is 1. The summed E-state index contributed by atoms with van der Waals surface area (Å²) in [5.41, 5.74) is 3.43. The Bertz CT molecular complexity index is 1070. The van der Waals surface area contributed by atoms with Gasteiger partial charge in [0.05, 0.1) is 19.1 Å². The molecule has 1 N–H and O–H groups in total. The van der Waals surface area contributed by atoms with Gasteiger partial charge in [0.1, 0.15) is 6.04 Å². The average Bonchev–Trinajstić information content (AvgIpc) is 3.23. The number of ether oxygens (including phenoxy) is 2. The fourth-order valence-electron chi connectivity index (χ4n) is 4.46. The quantitative estimate of drug-likeness (QED) is 0.654. The Morgan fingerprint density at radius 1 is 1.06 bits per heavy atom. The van der Waals surface area contributed by atoms with E-state index in [1.54, 1.807) is 28.1 Å². The van der Waals surface area contributed by atoms with Gasteiger partial charge < -0.3 is 14.8 Å². The van der Waals surface area contributed by atoms with Crippen molar-refractivity contribution in [1.29, 1.82) is 0 Å². The van der Waals surface area contributed by atoms with Crippen molar-refractivity contribution < 1.29 is 22.7 Å². The highest BCUT2D eigenvalue weighted by atomic mass is 32.2. The van der Waals surface area contributed by atoms with E-state index in [9.17, 15) is 13.2 Å². The lowest BCUT2D eigenvalue weighted by Gasteiger charge is -2.25. The van der Waals surface area contributed by atoms with Crippen molar-refractivity contribution in [2.75, 3.05) is 27.3 Å². The molecule has 0 saturated carbocycles. The van der Waals surface area contributed by atoms with Crippen molar-refractivity contribution in [1.82, 2.24) is 9.62 Å². The van der Waals surface area contributed by atoms with Gasteiger partial charge in [-0.1, -0.05) is 23.8 Å². The molecule has 1 unspecified atom stereocenters. The Balaban J connectivity index is 1.70. The molecule has 1 saturated heterocycles. The maximum Gasteiger partial charge on any atom is 0.244 e. The van der Waals surface area contributed by atoms with Gasteiger partial charge in [-0.3, -0.25) is 4.79 Å². The van der Waals surface area contributed by atoms with E-state index in [-0.39, 0.29) is 5.91 Å². The predicted molar refractivity (Wildman–Crippen MR) is 124 cm³/mol. The second-order valence-corrected chi connectivity index (χ2v) is 10.1. The maximum absolute atomic E-state index is 13.4. The first-order valence-corrected chi connectivity index (χ1v) is 12.2. The third-order valence-corrected chi connectivity index (χ3v) is 8.05. The van der Waals surface area contributed by atoms with Crippen LogP contribution in [0.2, 0.25) is 0 Å². The normalized spacial score (nSPS) is 16.7. The van der Waals surface area contributed by atoms with E-state index in [0.29, 0.717) is 59.9 Å². The van der Waals surface area contributed by atoms with Crippen LogP contribution in [0.4, 0.5) is 0 Å². The summed E-state index contributed by atoms with van der Waals surface area (Å²) in [4.78, 5) is 13.2. The first-order chi connectivity index (χ1) is 15.2. The summed E-state index contributed by atoms with van der Waals surface area (Å²) < 4.78 is 38.8. The molecular formula is C24H32N2O5S. The summed E-state index contributed by atoms with van der Waals surface area (Å²) in [5, 5.41) is 2.91. The molecule has 1 amide bonds. The van der Waals surface area contributed by atoms with Crippen molar-refractivity contribution in [3.8, 4) is 11.5 Å². The van der Waals surface area contributed by atoms with Gasteiger partial charge in [0.25, 0.3) is 0 Å². The van der Waals surface area contributed by atoms with Gasteiger partial charge in [-0.25, -0.2) is 8.42 Å². The highest BCUT2D eigenvalue weighted by Gasteiger charge is 2.40. The molecule has 1 heterocycles. The summed E-state index contributed by atoms with van der Waals surface area (Å²) in [7, 11) is -0.601. The average molecular weight is 461 g/mol. The lowest BCUT2D eigenvalue weighted by Crippen LogP contribution is -2.46. The van der Waals surface area contributed by atoms with Crippen molar-refractivity contribution in [3.63, 3.8) is 0 Å². The van der Waals surface area contributed by atoms with Crippen molar-refractivity contribution in [3.05, 3.63) is 52.6 Å². The van der Waals surface area contributed by atoms with Gasteiger partial charge in [0.15, 0.2) is 11.5 Å². The number of amides is 1. The lowest BCUT2D eigenvalue weighted by atomic mass is 10.1. The number of sulfonamides is 1. The second kappa shape index (κ2) is 9.92. The summed E-state index contributed by atoms with van der Waals surface area (Å²) in [6, 6.07) is 8.67. The first kappa shape index (κ1) is 24.1. The van der Waals surface area contributed by atoms with Crippen molar-refractivity contribution in [2.45, 2.75) is 51.0 Å². The standard InChI is InChI=1S/C24H32N2O5S/c1-16-13-17(2)23(18(3)14-16)32(28,29)26-12-6-7-20(26)24(27)25-11-10-19-8-9-21(30-4)22(15-19)31-5/h8-9,13-15,20H,6-7,10-12H2,1-5H3,(H,25,27). The molecule has 3 rings (SSSR count). The molecule has 32 heavy (non-hydrogen) atoms. The zero-order valence-corrected chi connectivity index (χ0v) is 20.2. The number of rotatable bonds is 8. The van der Waals surface area contributed by atoms with Crippen LogP contribution in [-0.4, -0.2) is 52.0 Å². The largest absolute Gasteiger partial charge is 0.493 e. The SMILES string of the molecule is COc1ccc(CCNC(=O)C2CCCN2S(=O)(=O)c2c(C)cc(C)cc2C)cc1OC. The van der Waals surface area contributed by atoms with Crippen LogP contribution in [0.1, 0.15) is 35.1 Å². The number of nitrogens with one attached hydrogen (secondary N) is 1. The fraction of sp³-hybridized carbons (Fsp3) is 0.458. The smallest absolute Gasteiger partial charge is 0.244 e. The molecule has 1 aliphatic rings. The topological polar surface area (TPSA) is 84.9 Å². The molecule has 8 heteroatoms. The van der Waals surface area contributed by atoms with E-state index >= 15 is 0 Å². The molecular weight excluding hydrogens is 428 g/mol. The van der Waals surface area contributed by atoms with Gasteiger partial charge in [0.2, 0.25) is 15.9 Å². The van der Waals surface area contributed by atoms with Gasteiger partial charge in [-0.15, -0.1) is 0 Å². The van der Waals surface area contributed by atoms with E-state index in [4.69, 9.17) is 9.47 Å². The van der Waals surface area contributed by atoms with Crippen LogP contribution in [0.3, 0.4) is 0 Å². The molecule has 1 fully saturated rings. The van der Waals surface area contributed by atoms with Crippen LogP contribution in [0, 0.1) is 20.8 Å². The molecule has 0 bridgehead atoms. The Hall–Kier alpha value is -2.58. The van der Waals surface area contributed by atoms with E-state index in [0.717, 1.165) is 11.1 Å². The minimum atomic E-state index is -3.76. The van der Waals surface area contributed by atoms with Crippen LogP contribution >= 0.6 is 0 Å². The predicted octanol–water partition coefficient (Wildman–Crippen LogP) is 3.14. The first-order valence-electron chi connectivity index (χ1n) is 10.8. The number of benzene rings is 2. The van der Waals surface area contributed by atoms with E-state index < -0.39 is 16.1 Å². The minimum Gasteiger partial charge on any atom is -0.493 e. The zero-order valence-electron chi connectivity index (χ0n) is 19.4. The van der Waals surface area contributed by atoms with E-state index in [1.165, 1.54) is 4.31 Å². The van der Waals surface area contributed by atoms with E-state index in [1.807, 2.05) is 37.3 Å². The number of carbonyl (C=O) groups excluding carboxylic acids is 1. The molecule has 1 atom stereocenters. The Morgan fingerprint density at radius 3 is 2.34 bits per heavy atom. The summed E-state index contributed by atoms with van der Waals surface area (Å²) in [6.45, 7) is 6.31. The molecule has 7 nitrogen and oxygen atoms in total. The molecule has 1 aliphatic heterocycles. The van der Waals surface area contributed by atoms with Crippen LogP contribution in [-0.2, 0) is 21.2 Å². The van der Waals surface area contributed by atoms with E-state index in [2.05, 4.69) is 5.32 Å². The van der Waals surface area contributed by atoms with Crippen LogP contribution in [0.5, 0.6) is 11.5 Å². The number of aryl methyl sites for hydroxylation is 3. The fourth-order valence-corrected chi connectivity index (χ4v) is 6.54. The molecule has 174 valence electrons. The van der Waals surface area contributed by atoms with Crippen LogP contribution < -0.4 is 14.8 Å². The Labute approximate surface area is 190 Å². The Morgan fingerprint density at radius 2 is 1.72 bits per heavy atom. The second-order valence-electron chi connectivity index (χ2n) is 8.23. The third-order valence-electron chi connectivity index (χ3n) is 5.84. The monoisotopic (exact) mass is 460 g/mol. The molecule has 0 radical (unpaired) electrons.